The van der Waals surface area contributed by atoms with Crippen molar-refractivity contribution in [2.24, 2.45) is 11.3 Å². The number of hydrogen-bond acceptors (Lipinski definition) is 1. The molecule has 0 aromatic heterocycles. The zero-order chi connectivity index (χ0) is 8.82. The van der Waals surface area contributed by atoms with E-state index in [1.807, 2.05) is 0 Å². The summed E-state index contributed by atoms with van der Waals surface area (Å²) >= 11 is 0. The van der Waals surface area contributed by atoms with Gasteiger partial charge in [0, 0.05) is 13.1 Å². The second-order valence-corrected chi connectivity index (χ2v) is 3.94. The van der Waals surface area contributed by atoms with Crippen molar-refractivity contribution in [1.29, 1.82) is 0 Å². The molecule has 0 radical (unpaired) electrons. The minimum atomic E-state index is -4.00. The molecule has 1 spiro atoms. The van der Waals surface area contributed by atoms with E-state index in [2.05, 4.69) is 5.32 Å². The molecule has 0 bridgehead atoms. The number of alkyl halides is 3. The van der Waals surface area contributed by atoms with Crippen LogP contribution in [0.5, 0.6) is 0 Å². The van der Waals surface area contributed by atoms with Crippen LogP contribution in [-0.2, 0) is 0 Å². The Morgan fingerprint density at radius 1 is 1.25 bits per heavy atom. The highest BCUT2D eigenvalue weighted by molar-refractivity contribution is 5.02. The van der Waals surface area contributed by atoms with Gasteiger partial charge in [0.1, 0.15) is 0 Å². The normalized spacial score (nSPS) is 33.8. The van der Waals surface area contributed by atoms with Crippen LogP contribution in [0.4, 0.5) is 13.2 Å². The third-order valence-electron chi connectivity index (χ3n) is 3.31. The van der Waals surface area contributed by atoms with E-state index in [-0.39, 0.29) is 6.54 Å². The molecule has 2 rings (SSSR count). The fraction of sp³-hybridized carbons (Fsp3) is 1.00. The molecular weight excluding hydrogens is 167 g/mol. The largest absolute Gasteiger partial charge is 0.393 e. The molecule has 0 aromatic rings. The van der Waals surface area contributed by atoms with Crippen LogP contribution in [0.2, 0.25) is 0 Å². The SMILES string of the molecule is FC(F)(F)C1CNCC12CCC2. The molecule has 1 unspecified atom stereocenters. The van der Waals surface area contributed by atoms with Crippen molar-refractivity contribution in [3.8, 4) is 0 Å². The molecule has 1 nitrogen and oxygen atoms in total. The summed E-state index contributed by atoms with van der Waals surface area (Å²) in [5.74, 6) is -1.08. The summed E-state index contributed by atoms with van der Waals surface area (Å²) in [6.45, 7) is 0.695. The summed E-state index contributed by atoms with van der Waals surface area (Å²) in [5, 5.41) is 2.85. The molecule has 12 heavy (non-hydrogen) atoms. The van der Waals surface area contributed by atoms with Gasteiger partial charge in [0.25, 0.3) is 0 Å². The maximum Gasteiger partial charge on any atom is 0.393 e. The monoisotopic (exact) mass is 179 g/mol. The van der Waals surface area contributed by atoms with Crippen molar-refractivity contribution in [2.75, 3.05) is 13.1 Å². The van der Waals surface area contributed by atoms with E-state index in [1.165, 1.54) is 0 Å². The van der Waals surface area contributed by atoms with E-state index in [0.29, 0.717) is 6.54 Å². The Labute approximate surface area is 69.3 Å². The van der Waals surface area contributed by atoms with Crippen LogP contribution in [0.25, 0.3) is 0 Å². The summed E-state index contributed by atoms with van der Waals surface area (Å²) in [6, 6.07) is 0. The first-order chi connectivity index (χ1) is 5.55. The van der Waals surface area contributed by atoms with Gasteiger partial charge in [0.05, 0.1) is 5.92 Å². The number of nitrogens with one attached hydrogen (secondary N) is 1. The zero-order valence-corrected chi connectivity index (χ0v) is 6.75. The molecule has 1 saturated heterocycles. The van der Waals surface area contributed by atoms with Crippen LogP contribution >= 0.6 is 0 Å². The van der Waals surface area contributed by atoms with E-state index in [4.69, 9.17) is 0 Å². The lowest BCUT2D eigenvalue weighted by Crippen LogP contribution is -2.43. The highest BCUT2D eigenvalue weighted by Crippen LogP contribution is 2.54. The quantitative estimate of drug-likeness (QED) is 0.599. The fourth-order valence-electron chi connectivity index (χ4n) is 2.42. The molecule has 1 aliphatic carbocycles. The van der Waals surface area contributed by atoms with Crippen molar-refractivity contribution in [1.82, 2.24) is 5.32 Å². The van der Waals surface area contributed by atoms with E-state index < -0.39 is 17.5 Å². The molecule has 1 atom stereocenters. The average molecular weight is 179 g/mol. The Hall–Kier alpha value is -0.250. The second kappa shape index (κ2) is 2.37. The van der Waals surface area contributed by atoms with Crippen molar-refractivity contribution < 1.29 is 13.2 Å². The van der Waals surface area contributed by atoms with Crippen LogP contribution in [0.1, 0.15) is 19.3 Å². The first-order valence-corrected chi connectivity index (χ1v) is 4.32. The summed E-state index contributed by atoms with van der Waals surface area (Å²) in [7, 11) is 0. The van der Waals surface area contributed by atoms with Gasteiger partial charge in [0.15, 0.2) is 0 Å². The van der Waals surface area contributed by atoms with Crippen molar-refractivity contribution in [3.05, 3.63) is 0 Å². The van der Waals surface area contributed by atoms with Gasteiger partial charge < -0.3 is 5.32 Å². The number of hydrogen-bond donors (Lipinski definition) is 1. The fourth-order valence-corrected chi connectivity index (χ4v) is 2.42. The summed E-state index contributed by atoms with van der Waals surface area (Å²) in [5.41, 5.74) is -0.418. The molecule has 1 heterocycles. The highest BCUT2D eigenvalue weighted by Gasteiger charge is 2.58. The van der Waals surface area contributed by atoms with Crippen molar-refractivity contribution >= 4 is 0 Å². The Kier molecular flexibility index (Phi) is 1.65. The molecule has 70 valence electrons. The molecule has 0 aromatic carbocycles. The molecule has 1 N–H and O–H groups in total. The third-order valence-corrected chi connectivity index (χ3v) is 3.31. The first kappa shape index (κ1) is 8.35. The highest BCUT2D eigenvalue weighted by atomic mass is 19.4. The number of halogens is 3. The first-order valence-electron chi connectivity index (χ1n) is 4.32. The van der Waals surface area contributed by atoms with Gasteiger partial charge in [0.2, 0.25) is 0 Å². The third kappa shape index (κ3) is 1.04. The molecule has 2 aliphatic rings. The minimum Gasteiger partial charge on any atom is -0.316 e. The molecular formula is C8H12F3N. The predicted molar refractivity (Wildman–Crippen MR) is 38.7 cm³/mol. The standard InChI is InChI=1S/C8H12F3N/c9-8(10,11)6-4-12-5-7(6)2-1-3-7/h6,12H,1-5H2. The van der Waals surface area contributed by atoms with E-state index in [0.717, 1.165) is 19.3 Å². The van der Waals surface area contributed by atoms with Crippen LogP contribution in [0.15, 0.2) is 0 Å². The molecule has 4 heteroatoms. The lowest BCUT2D eigenvalue weighted by Gasteiger charge is -2.43. The second-order valence-electron chi connectivity index (χ2n) is 3.94. The Bertz CT molecular complexity index is 183. The van der Waals surface area contributed by atoms with Gasteiger partial charge in [-0.3, -0.25) is 0 Å². The molecule has 1 aliphatic heterocycles. The molecule has 2 fully saturated rings. The smallest absolute Gasteiger partial charge is 0.316 e. The average Bonchev–Trinajstić information content (AvgIpc) is 2.25. The van der Waals surface area contributed by atoms with Crippen molar-refractivity contribution in [2.45, 2.75) is 25.4 Å². The van der Waals surface area contributed by atoms with Gasteiger partial charge in [-0.1, -0.05) is 6.42 Å². The van der Waals surface area contributed by atoms with Crippen LogP contribution in [0.3, 0.4) is 0 Å². The van der Waals surface area contributed by atoms with Gasteiger partial charge >= 0.3 is 6.18 Å². The van der Waals surface area contributed by atoms with Crippen LogP contribution < -0.4 is 5.32 Å². The van der Waals surface area contributed by atoms with Gasteiger partial charge in [-0.15, -0.1) is 0 Å². The topological polar surface area (TPSA) is 12.0 Å². The lowest BCUT2D eigenvalue weighted by molar-refractivity contribution is -0.205. The zero-order valence-electron chi connectivity index (χ0n) is 6.75. The molecule has 1 saturated carbocycles. The van der Waals surface area contributed by atoms with E-state index >= 15 is 0 Å². The van der Waals surface area contributed by atoms with Gasteiger partial charge in [-0.05, 0) is 18.3 Å². The van der Waals surface area contributed by atoms with Gasteiger partial charge in [-0.2, -0.15) is 13.2 Å². The van der Waals surface area contributed by atoms with Crippen LogP contribution in [-0.4, -0.2) is 19.3 Å². The predicted octanol–water partition coefficient (Wildman–Crippen LogP) is 1.94. The Morgan fingerprint density at radius 2 is 1.92 bits per heavy atom. The number of rotatable bonds is 0. The summed E-state index contributed by atoms with van der Waals surface area (Å²) < 4.78 is 37.3. The van der Waals surface area contributed by atoms with Crippen molar-refractivity contribution in [3.63, 3.8) is 0 Å². The Morgan fingerprint density at radius 3 is 2.25 bits per heavy atom. The maximum atomic E-state index is 12.4. The summed E-state index contributed by atoms with van der Waals surface area (Å²) in [4.78, 5) is 0. The van der Waals surface area contributed by atoms with Crippen LogP contribution in [0, 0.1) is 11.3 Å². The van der Waals surface area contributed by atoms with E-state index in [9.17, 15) is 13.2 Å². The molecule has 0 amide bonds. The lowest BCUT2D eigenvalue weighted by atomic mass is 9.62. The Balaban J connectivity index is 2.14. The van der Waals surface area contributed by atoms with E-state index in [1.54, 1.807) is 0 Å². The summed E-state index contributed by atoms with van der Waals surface area (Å²) in [6.07, 6.45) is -1.52. The minimum absolute atomic E-state index is 0.128. The van der Waals surface area contributed by atoms with Gasteiger partial charge in [-0.25, -0.2) is 0 Å². The maximum absolute atomic E-state index is 12.4.